The second-order valence-electron chi connectivity index (χ2n) is 4.48. The van der Waals surface area contributed by atoms with Crippen molar-refractivity contribution in [2.75, 3.05) is 12.4 Å². The molecule has 0 aliphatic carbocycles. The fourth-order valence-electron chi connectivity index (χ4n) is 2.17. The van der Waals surface area contributed by atoms with Crippen LogP contribution in [0.1, 0.15) is 11.1 Å². The van der Waals surface area contributed by atoms with Crippen molar-refractivity contribution in [2.24, 2.45) is 0 Å². The number of hydrogen-bond acceptors (Lipinski definition) is 2. The van der Waals surface area contributed by atoms with E-state index in [0.29, 0.717) is 16.8 Å². The molecule has 0 saturated carbocycles. The first-order valence-corrected chi connectivity index (χ1v) is 6.14. The average molecular weight is 269 g/mol. The highest BCUT2D eigenvalue weighted by molar-refractivity contribution is 6.34. The van der Waals surface area contributed by atoms with Crippen molar-refractivity contribution in [1.82, 2.24) is 0 Å². The maximum absolute atomic E-state index is 13.3. The van der Waals surface area contributed by atoms with Crippen LogP contribution in [0.4, 0.5) is 10.1 Å². The number of halogens is 1. The highest BCUT2D eigenvalue weighted by atomic mass is 19.1. The molecular weight excluding hydrogens is 257 g/mol. The number of anilines is 1. The molecule has 1 aliphatic heterocycles. The Morgan fingerprint density at radius 3 is 2.60 bits per heavy atom. The summed E-state index contributed by atoms with van der Waals surface area (Å²) in [6.45, 7) is 0. The highest BCUT2D eigenvalue weighted by Gasteiger charge is 2.24. The van der Waals surface area contributed by atoms with Gasteiger partial charge in [0.15, 0.2) is 0 Å². The molecule has 0 fully saturated rings. The van der Waals surface area contributed by atoms with Crippen molar-refractivity contribution in [2.45, 2.75) is 0 Å². The molecule has 2 aromatic carbocycles. The Bertz CT molecular complexity index is 705. The number of amides is 1. The zero-order chi connectivity index (χ0) is 14.1. The average Bonchev–Trinajstić information content (AvgIpc) is 2.76. The van der Waals surface area contributed by atoms with Crippen molar-refractivity contribution in [3.63, 3.8) is 0 Å². The molecule has 100 valence electrons. The maximum atomic E-state index is 13.3. The Balaban J connectivity index is 2.03. The van der Waals surface area contributed by atoms with Gasteiger partial charge in [-0.1, -0.05) is 12.1 Å². The standard InChI is InChI=1S/C16H12FNO2/c1-20-12-5-2-10(3-6-12)8-14-13-9-11(17)4-7-15(13)18-16(14)19/h2-9H,1H3,(H,18,19). The number of rotatable bonds is 2. The van der Waals surface area contributed by atoms with Crippen LogP contribution in [0.3, 0.4) is 0 Å². The second kappa shape index (κ2) is 4.81. The van der Waals surface area contributed by atoms with Crippen molar-refractivity contribution in [3.05, 3.63) is 59.4 Å². The zero-order valence-electron chi connectivity index (χ0n) is 10.8. The lowest BCUT2D eigenvalue weighted by Gasteiger charge is -2.01. The lowest BCUT2D eigenvalue weighted by molar-refractivity contribution is -0.110. The van der Waals surface area contributed by atoms with E-state index in [4.69, 9.17) is 4.74 Å². The van der Waals surface area contributed by atoms with E-state index in [9.17, 15) is 9.18 Å². The number of nitrogens with one attached hydrogen (secondary N) is 1. The number of hydrogen-bond donors (Lipinski definition) is 1. The number of ether oxygens (including phenoxy) is 1. The summed E-state index contributed by atoms with van der Waals surface area (Å²) in [6, 6.07) is 11.6. The van der Waals surface area contributed by atoms with Crippen LogP contribution in [-0.2, 0) is 4.79 Å². The Morgan fingerprint density at radius 2 is 1.90 bits per heavy atom. The Labute approximate surface area is 115 Å². The van der Waals surface area contributed by atoms with Crippen LogP contribution in [-0.4, -0.2) is 13.0 Å². The molecule has 20 heavy (non-hydrogen) atoms. The monoisotopic (exact) mass is 269 g/mol. The molecule has 0 unspecified atom stereocenters. The third-order valence-electron chi connectivity index (χ3n) is 3.19. The molecule has 2 aromatic rings. The molecule has 3 nitrogen and oxygen atoms in total. The summed E-state index contributed by atoms with van der Waals surface area (Å²) in [4.78, 5) is 11.9. The molecule has 1 heterocycles. The van der Waals surface area contributed by atoms with Gasteiger partial charge >= 0.3 is 0 Å². The Kier molecular flexibility index (Phi) is 2.99. The number of methoxy groups -OCH3 is 1. The van der Waals surface area contributed by atoms with Crippen molar-refractivity contribution in [3.8, 4) is 5.75 Å². The number of carbonyl (C=O) groups excluding carboxylic acids is 1. The topological polar surface area (TPSA) is 38.3 Å². The minimum Gasteiger partial charge on any atom is -0.497 e. The maximum Gasteiger partial charge on any atom is 0.256 e. The fraction of sp³-hybridized carbons (Fsp3) is 0.0625. The van der Waals surface area contributed by atoms with E-state index in [1.54, 1.807) is 19.3 Å². The van der Waals surface area contributed by atoms with E-state index in [1.165, 1.54) is 12.1 Å². The van der Waals surface area contributed by atoms with Crippen molar-refractivity contribution < 1.29 is 13.9 Å². The lowest BCUT2D eigenvalue weighted by atomic mass is 10.0. The van der Waals surface area contributed by atoms with E-state index in [2.05, 4.69) is 5.32 Å². The zero-order valence-corrected chi connectivity index (χ0v) is 10.8. The van der Waals surface area contributed by atoms with Crippen LogP contribution in [0.5, 0.6) is 5.75 Å². The highest BCUT2D eigenvalue weighted by Crippen LogP contribution is 2.33. The predicted octanol–water partition coefficient (Wildman–Crippen LogP) is 3.33. The van der Waals surface area contributed by atoms with Crippen LogP contribution in [0.2, 0.25) is 0 Å². The van der Waals surface area contributed by atoms with Gasteiger partial charge in [-0.05, 0) is 42.0 Å². The third kappa shape index (κ3) is 2.16. The quantitative estimate of drug-likeness (QED) is 0.849. The summed E-state index contributed by atoms with van der Waals surface area (Å²) >= 11 is 0. The molecule has 0 saturated heterocycles. The molecule has 1 amide bonds. The number of benzene rings is 2. The van der Waals surface area contributed by atoms with E-state index in [0.717, 1.165) is 11.3 Å². The predicted molar refractivity (Wildman–Crippen MR) is 75.9 cm³/mol. The van der Waals surface area contributed by atoms with Gasteiger partial charge in [0, 0.05) is 16.8 Å². The third-order valence-corrected chi connectivity index (χ3v) is 3.19. The second-order valence-corrected chi connectivity index (χ2v) is 4.48. The molecule has 0 aromatic heterocycles. The molecule has 1 N–H and O–H groups in total. The first-order chi connectivity index (χ1) is 9.67. The summed E-state index contributed by atoms with van der Waals surface area (Å²) < 4.78 is 18.4. The largest absolute Gasteiger partial charge is 0.497 e. The number of carbonyl (C=O) groups is 1. The minimum atomic E-state index is -0.360. The van der Waals surface area contributed by atoms with Crippen LogP contribution in [0.15, 0.2) is 42.5 Å². The Morgan fingerprint density at radius 1 is 1.15 bits per heavy atom. The van der Waals surface area contributed by atoms with E-state index < -0.39 is 0 Å². The summed E-state index contributed by atoms with van der Waals surface area (Å²) in [5, 5.41) is 2.72. The summed E-state index contributed by atoms with van der Waals surface area (Å²) in [6.07, 6.45) is 1.74. The van der Waals surface area contributed by atoms with Gasteiger partial charge in [-0.3, -0.25) is 4.79 Å². The first kappa shape index (κ1) is 12.4. The first-order valence-electron chi connectivity index (χ1n) is 6.14. The molecule has 0 spiro atoms. The summed E-state index contributed by atoms with van der Waals surface area (Å²) in [7, 11) is 1.59. The van der Waals surface area contributed by atoms with Gasteiger partial charge in [0.1, 0.15) is 11.6 Å². The smallest absolute Gasteiger partial charge is 0.256 e. The lowest BCUT2D eigenvalue weighted by Crippen LogP contribution is -2.03. The molecule has 4 heteroatoms. The van der Waals surface area contributed by atoms with Gasteiger partial charge in [0.05, 0.1) is 7.11 Å². The van der Waals surface area contributed by atoms with Crippen molar-refractivity contribution >= 4 is 23.2 Å². The van der Waals surface area contributed by atoms with Gasteiger partial charge < -0.3 is 10.1 Å². The molecule has 0 bridgehead atoms. The number of fused-ring (bicyclic) bond motifs is 1. The van der Waals surface area contributed by atoms with Gasteiger partial charge in [0.25, 0.3) is 5.91 Å². The Hall–Kier alpha value is -2.62. The van der Waals surface area contributed by atoms with Gasteiger partial charge in [-0.25, -0.2) is 4.39 Å². The normalized spacial score (nSPS) is 15.1. The molecule has 0 atom stereocenters. The molecular formula is C16H12FNO2. The van der Waals surface area contributed by atoms with Crippen molar-refractivity contribution in [1.29, 1.82) is 0 Å². The fourth-order valence-corrected chi connectivity index (χ4v) is 2.17. The molecule has 3 rings (SSSR count). The van der Waals surface area contributed by atoms with Crippen LogP contribution in [0, 0.1) is 5.82 Å². The minimum absolute atomic E-state index is 0.221. The summed E-state index contributed by atoms with van der Waals surface area (Å²) in [5.74, 6) is 0.164. The van der Waals surface area contributed by atoms with Crippen LogP contribution >= 0.6 is 0 Å². The summed E-state index contributed by atoms with van der Waals surface area (Å²) in [5.41, 5.74) is 2.54. The molecule has 1 aliphatic rings. The van der Waals surface area contributed by atoms with Crippen LogP contribution < -0.4 is 10.1 Å². The van der Waals surface area contributed by atoms with Gasteiger partial charge in [0.2, 0.25) is 0 Å². The van der Waals surface area contributed by atoms with E-state index >= 15 is 0 Å². The molecule has 0 radical (unpaired) electrons. The van der Waals surface area contributed by atoms with Crippen LogP contribution in [0.25, 0.3) is 11.6 Å². The van der Waals surface area contributed by atoms with Gasteiger partial charge in [-0.15, -0.1) is 0 Å². The SMILES string of the molecule is COc1ccc(C=C2C(=O)Nc3ccc(F)cc32)cc1. The van der Waals surface area contributed by atoms with Gasteiger partial charge in [-0.2, -0.15) is 0 Å². The van der Waals surface area contributed by atoms with E-state index in [1.807, 2.05) is 24.3 Å². The van der Waals surface area contributed by atoms with E-state index in [-0.39, 0.29) is 11.7 Å².